The third-order valence-corrected chi connectivity index (χ3v) is 2.66. The molecule has 0 spiro atoms. The maximum absolute atomic E-state index is 11.7. The molecule has 6 nitrogen and oxygen atoms in total. The molecule has 0 radical (unpaired) electrons. The van der Waals surface area contributed by atoms with Crippen molar-refractivity contribution in [1.29, 1.82) is 0 Å². The molecule has 1 rings (SSSR count). The summed E-state index contributed by atoms with van der Waals surface area (Å²) in [7, 11) is 4.79. The first-order chi connectivity index (χ1) is 9.03. The van der Waals surface area contributed by atoms with Gasteiger partial charge in [0.1, 0.15) is 11.8 Å². The monoisotopic (exact) mass is 265 g/mol. The number of rotatable bonds is 5. The van der Waals surface area contributed by atoms with E-state index in [1.807, 2.05) is 0 Å². The first-order valence-corrected chi connectivity index (χ1v) is 5.87. The molecule has 1 atom stereocenters. The lowest BCUT2D eigenvalue weighted by Gasteiger charge is -2.17. The summed E-state index contributed by atoms with van der Waals surface area (Å²) in [6.07, 6.45) is 0. The zero-order valence-corrected chi connectivity index (χ0v) is 11.5. The van der Waals surface area contributed by atoms with E-state index in [1.165, 1.54) is 14.0 Å². The molecule has 19 heavy (non-hydrogen) atoms. The molecular formula is C13H19N3O3. The Morgan fingerprint density at radius 1 is 1.26 bits per heavy atom. The molecule has 0 saturated carbocycles. The molecule has 1 unspecified atom stereocenters. The summed E-state index contributed by atoms with van der Waals surface area (Å²) in [5.74, 6) is 0.198. The number of hydrogen-bond acceptors (Lipinski definition) is 4. The van der Waals surface area contributed by atoms with Crippen LogP contribution in [0.15, 0.2) is 18.2 Å². The summed E-state index contributed by atoms with van der Waals surface area (Å²) in [6, 6.07) is 4.73. The summed E-state index contributed by atoms with van der Waals surface area (Å²) < 4.78 is 5.17. The number of hydrogen-bond donors (Lipinski definition) is 3. The van der Waals surface area contributed by atoms with Crippen LogP contribution in [0, 0.1) is 0 Å². The zero-order chi connectivity index (χ0) is 14.4. The summed E-state index contributed by atoms with van der Waals surface area (Å²) >= 11 is 0. The maximum Gasteiger partial charge on any atom is 0.241 e. The molecule has 3 N–H and O–H groups in total. The SMILES string of the molecule is CNC(=O)C(NC)c1ccc(OC)c(NC(C)=O)c1. The van der Waals surface area contributed by atoms with E-state index in [1.54, 1.807) is 32.3 Å². The lowest BCUT2D eigenvalue weighted by atomic mass is 10.0. The van der Waals surface area contributed by atoms with Crippen molar-refractivity contribution in [2.24, 2.45) is 0 Å². The third kappa shape index (κ3) is 3.69. The minimum absolute atomic E-state index is 0.151. The summed E-state index contributed by atoms with van der Waals surface area (Å²) in [6.45, 7) is 1.42. The molecule has 0 heterocycles. The highest BCUT2D eigenvalue weighted by atomic mass is 16.5. The topological polar surface area (TPSA) is 79.5 Å². The van der Waals surface area contributed by atoms with Gasteiger partial charge in [0, 0.05) is 14.0 Å². The minimum atomic E-state index is -0.483. The number of carbonyl (C=O) groups is 2. The molecule has 1 aromatic rings. The molecule has 0 aliphatic rings. The fraction of sp³-hybridized carbons (Fsp3) is 0.385. The van der Waals surface area contributed by atoms with Crippen LogP contribution in [-0.2, 0) is 9.59 Å². The number of benzene rings is 1. The molecule has 1 aromatic carbocycles. The van der Waals surface area contributed by atoms with Crippen molar-refractivity contribution in [1.82, 2.24) is 10.6 Å². The molecule has 0 aromatic heterocycles. The van der Waals surface area contributed by atoms with Gasteiger partial charge in [0.25, 0.3) is 0 Å². The molecule has 0 bridgehead atoms. The summed E-state index contributed by atoms with van der Waals surface area (Å²) in [4.78, 5) is 22.9. The highest BCUT2D eigenvalue weighted by Crippen LogP contribution is 2.28. The van der Waals surface area contributed by atoms with Gasteiger partial charge in [-0.3, -0.25) is 9.59 Å². The average molecular weight is 265 g/mol. The molecular weight excluding hydrogens is 246 g/mol. The minimum Gasteiger partial charge on any atom is -0.495 e. The predicted molar refractivity (Wildman–Crippen MR) is 73.2 cm³/mol. The second-order valence-corrected chi connectivity index (χ2v) is 3.98. The first-order valence-electron chi connectivity index (χ1n) is 5.87. The Hall–Kier alpha value is -2.08. The van der Waals surface area contributed by atoms with Crippen molar-refractivity contribution >= 4 is 17.5 Å². The van der Waals surface area contributed by atoms with Crippen molar-refractivity contribution in [2.75, 3.05) is 26.5 Å². The van der Waals surface area contributed by atoms with E-state index in [0.717, 1.165) is 5.56 Å². The van der Waals surface area contributed by atoms with Crippen LogP contribution >= 0.6 is 0 Å². The van der Waals surface area contributed by atoms with Crippen LogP contribution in [0.4, 0.5) is 5.69 Å². The van der Waals surface area contributed by atoms with Gasteiger partial charge in [-0.2, -0.15) is 0 Å². The van der Waals surface area contributed by atoms with Gasteiger partial charge in [-0.1, -0.05) is 6.07 Å². The largest absolute Gasteiger partial charge is 0.495 e. The van der Waals surface area contributed by atoms with Crippen LogP contribution in [0.25, 0.3) is 0 Å². The number of methoxy groups -OCH3 is 1. The number of likely N-dealkylation sites (N-methyl/N-ethyl adjacent to an activating group) is 2. The predicted octanol–water partition coefficient (Wildman–Crippen LogP) is 0.660. The maximum atomic E-state index is 11.7. The Balaban J connectivity index is 3.15. The van der Waals surface area contributed by atoms with Gasteiger partial charge >= 0.3 is 0 Å². The van der Waals surface area contributed by atoms with E-state index in [2.05, 4.69) is 16.0 Å². The van der Waals surface area contributed by atoms with Crippen LogP contribution in [0.2, 0.25) is 0 Å². The lowest BCUT2D eigenvalue weighted by molar-refractivity contribution is -0.122. The molecule has 0 fully saturated rings. The van der Waals surface area contributed by atoms with Crippen LogP contribution in [0.3, 0.4) is 0 Å². The molecule has 0 aliphatic carbocycles. The third-order valence-electron chi connectivity index (χ3n) is 2.66. The van der Waals surface area contributed by atoms with E-state index in [0.29, 0.717) is 11.4 Å². The van der Waals surface area contributed by atoms with Crippen molar-refractivity contribution < 1.29 is 14.3 Å². The Morgan fingerprint density at radius 3 is 2.42 bits per heavy atom. The Morgan fingerprint density at radius 2 is 1.95 bits per heavy atom. The number of nitrogens with one attached hydrogen (secondary N) is 3. The average Bonchev–Trinajstić information content (AvgIpc) is 2.39. The molecule has 2 amide bonds. The Labute approximate surface area is 112 Å². The van der Waals surface area contributed by atoms with Gasteiger partial charge in [0.15, 0.2) is 0 Å². The van der Waals surface area contributed by atoms with Crippen LogP contribution in [0.1, 0.15) is 18.5 Å². The van der Waals surface area contributed by atoms with E-state index in [9.17, 15) is 9.59 Å². The molecule has 6 heteroatoms. The fourth-order valence-corrected chi connectivity index (χ4v) is 1.79. The number of carbonyl (C=O) groups excluding carboxylic acids is 2. The van der Waals surface area contributed by atoms with Gasteiger partial charge < -0.3 is 20.7 Å². The summed E-state index contributed by atoms with van der Waals surface area (Å²) in [5.41, 5.74) is 1.28. The number of ether oxygens (including phenoxy) is 1. The first kappa shape index (κ1) is 15.0. The van der Waals surface area contributed by atoms with E-state index >= 15 is 0 Å². The Bertz CT molecular complexity index is 474. The van der Waals surface area contributed by atoms with E-state index < -0.39 is 6.04 Å². The normalized spacial score (nSPS) is 11.6. The fourth-order valence-electron chi connectivity index (χ4n) is 1.79. The van der Waals surface area contributed by atoms with Gasteiger partial charge in [-0.25, -0.2) is 0 Å². The molecule has 0 aliphatic heterocycles. The zero-order valence-electron chi connectivity index (χ0n) is 11.5. The van der Waals surface area contributed by atoms with Crippen molar-refractivity contribution in [3.05, 3.63) is 23.8 Å². The summed E-state index contributed by atoms with van der Waals surface area (Å²) in [5, 5.41) is 8.18. The Kier molecular flexibility index (Phi) is 5.32. The highest BCUT2D eigenvalue weighted by Gasteiger charge is 2.18. The van der Waals surface area contributed by atoms with Crippen LogP contribution in [-0.4, -0.2) is 33.0 Å². The highest BCUT2D eigenvalue weighted by molar-refractivity contribution is 5.91. The van der Waals surface area contributed by atoms with Gasteiger partial charge in [0.05, 0.1) is 12.8 Å². The van der Waals surface area contributed by atoms with Crippen LogP contribution in [0.5, 0.6) is 5.75 Å². The standard InChI is InChI=1S/C13H19N3O3/c1-8(17)16-10-7-9(5-6-11(10)19-4)12(14-2)13(18)15-3/h5-7,12,14H,1-4H3,(H,15,18)(H,16,17). The second-order valence-electron chi connectivity index (χ2n) is 3.98. The van der Waals surface area contributed by atoms with Gasteiger partial charge in [0.2, 0.25) is 11.8 Å². The van der Waals surface area contributed by atoms with Gasteiger partial charge in [-0.15, -0.1) is 0 Å². The van der Waals surface area contributed by atoms with Crippen LogP contribution < -0.4 is 20.7 Å². The quantitative estimate of drug-likeness (QED) is 0.730. The van der Waals surface area contributed by atoms with Crippen molar-refractivity contribution in [3.8, 4) is 5.75 Å². The van der Waals surface area contributed by atoms with E-state index in [4.69, 9.17) is 4.74 Å². The van der Waals surface area contributed by atoms with Gasteiger partial charge in [-0.05, 0) is 24.7 Å². The number of amides is 2. The molecule has 104 valence electrons. The van der Waals surface area contributed by atoms with Crippen molar-refractivity contribution in [2.45, 2.75) is 13.0 Å². The smallest absolute Gasteiger partial charge is 0.241 e. The lowest BCUT2D eigenvalue weighted by Crippen LogP contribution is -2.33. The van der Waals surface area contributed by atoms with Crippen molar-refractivity contribution in [3.63, 3.8) is 0 Å². The molecule has 0 saturated heterocycles. The second kappa shape index (κ2) is 6.75. The number of anilines is 1. The van der Waals surface area contributed by atoms with E-state index in [-0.39, 0.29) is 11.8 Å².